The van der Waals surface area contributed by atoms with Crippen molar-refractivity contribution in [2.45, 2.75) is 12.8 Å². The summed E-state index contributed by atoms with van der Waals surface area (Å²) in [6.45, 7) is 4.26. The molecular weight excluding hydrogens is 593 g/mol. The fraction of sp³-hybridized carbons (Fsp3) is 0.0426. The molecule has 0 atom stereocenters. The summed E-state index contributed by atoms with van der Waals surface area (Å²) in [5, 5.41) is 4.96. The molecule has 0 spiro atoms. The highest BCUT2D eigenvalue weighted by atomic mass is 15.0. The molecule has 0 N–H and O–H groups in total. The third-order valence-electron chi connectivity index (χ3n) is 9.80. The first-order valence-electron chi connectivity index (χ1n) is 17.0. The highest BCUT2D eigenvalue weighted by molar-refractivity contribution is 5.96. The van der Waals surface area contributed by atoms with Crippen molar-refractivity contribution < 1.29 is 0 Å². The first-order chi connectivity index (χ1) is 24.2. The molecule has 49 heavy (non-hydrogen) atoms. The molecule has 232 valence electrons. The topological polar surface area (TPSA) is 17.3 Å². The monoisotopic (exact) mass is 626 g/mol. The lowest BCUT2D eigenvalue weighted by atomic mass is 9.92. The Hall–Kier alpha value is -6.25. The Morgan fingerprint density at radius 1 is 0.612 bits per heavy atom. The Kier molecular flexibility index (Phi) is 7.13. The molecule has 0 bridgehead atoms. The predicted octanol–water partition coefficient (Wildman–Crippen LogP) is 12.3. The average molecular weight is 627 g/mol. The van der Waals surface area contributed by atoms with E-state index in [2.05, 4.69) is 175 Å². The lowest BCUT2D eigenvalue weighted by molar-refractivity contribution is 0.947. The lowest BCUT2D eigenvalue weighted by Gasteiger charge is -2.18. The van der Waals surface area contributed by atoms with Gasteiger partial charge in [-0.2, -0.15) is 0 Å². The first kappa shape index (κ1) is 28.9. The molecule has 2 nitrogen and oxygen atoms in total. The summed E-state index contributed by atoms with van der Waals surface area (Å²) >= 11 is 0. The number of aromatic nitrogens is 2. The van der Waals surface area contributed by atoms with Crippen LogP contribution in [0, 0.1) is 0 Å². The van der Waals surface area contributed by atoms with E-state index in [1.807, 2.05) is 6.08 Å². The molecule has 2 heterocycles. The van der Waals surface area contributed by atoms with Crippen LogP contribution in [0.15, 0.2) is 164 Å². The SMILES string of the molecule is C=C/C(=C\c1cc2nc(-c3ccccc3)c(-c3ccccc3)n2c2c1CCC=C2)c1ccc2cc(-c3ccc4ccccc4c3)ccc2c1. The van der Waals surface area contributed by atoms with E-state index >= 15 is 0 Å². The van der Waals surface area contributed by atoms with Gasteiger partial charge in [0.1, 0.15) is 5.65 Å². The summed E-state index contributed by atoms with van der Waals surface area (Å²) in [6.07, 6.45) is 10.8. The molecule has 0 saturated carbocycles. The van der Waals surface area contributed by atoms with Crippen LogP contribution in [0.1, 0.15) is 28.8 Å². The second-order valence-corrected chi connectivity index (χ2v) is 12.8. The maximum absolute atomic E-state index is 5.30. The van der Waals surface area contributed by atoms with Crippen molar-refractivity contribution >= 4 is 44.9 Å². The minimum absolute atomic E-state index is 0.942. The van der Waals surface area contributed by atoms with E-state index in [0.29, 0.717) is 0 Å². The molecule has 0 fully saturated rings. The molecule has 0 radical (unpaired) electrons. The summed E-state index contributed by atoms with van der Waals surface area (Å²) in [7, 11) is 0. The first-order valence-corrected chi connectivity index (χ1v) is 17.0. The van der Waals surface area contributed by atoms with E-state index in [1.165, 1.54) is 49.5 Å². The predicted molar refractivity (Wildman–Crippen MR) is 208 cm³/mol. The van der Waals surface area contributed by atoms with Crippen molar-refractivity contribution in [2.75, 3.05) is 0 Å². The van der Waals surface area contributed by atoms with Crippen LogP contribution >= 0.6 is 0 Å². The largest absolute Gasteiger partial charge is 0.292 e. The molecule has 2 aromatic heterocycles. The molecule has 0 aliphatic heterocycles. The number of hydrogen-bond acceptors (Lipinski definition) is 1. The number of fused-ring (bicyclic) bond motifs is 5. The van der Waals surface area contributed by atoms with Crippen LogP contribution in [0.25, 0.3) is 78.6 Å². The third kappa shape index (κ3) is 5.19. The van der Waals surface area contributed by atoms with Crippen LogP contribution in [0.4, 0.5) is 0 Å². The molecule has 2 heteroatoms. The van der Waals surface area contributed by atoms with Crippen molar-refractivity contribution in [2.24, 2.45) is 0 Å². The summed E-state index contributed by atoms with van der Waals surface area (Å²) in [5.41, 5.74) is 13.8. The van der Waals surface area contributed by atoms with Crippen molar-refractivity contribution in [3.05, 3.63) is 187 Å². The Morgan fingerprint density at radius 2 is 1.24 bits per heavy atom. The molecule has 0 saturated heterocycles. The van der Waals surface area contributed by atoms with Crippen molar-refractivity contribution in [1.82, 2.24) is 9.38 Å². The molecule has 0 unspecified atom stereocenters. The summed E-state index contributed by atoms with van der Waals surface area (Å²) < 4.78 is 2.36. The third-order valence-corrected chi connectivity index (χ3v) is 9.80. The quantitative estimate of drug-likeness (QED) is 0.168. The van der Waals surface area contributed by atoms with Gasteiger partial charge in [-0.1, -0.05) is 140 Å². The van der Waals surface area contributed by atoms with Gasteiger partial charge in [0.05, 0.1) is 17.1 Å². The van der Waals surface area contributed by atoms with Crippen molar-refractivity contribution in [3.63, 3.8) is 0 Å². The van der Waals surface area contributed by atoms with Gasteiger partial charge in [-0.3, -0.25) is 4.40 Å². The zero-order valence-corrected chi connectivity index (χ0v) is 27.2. The number of rotatable bonds is 6. The van der Waals surface area contributed by atoms with E-state index < -0.39 is 0 Å². The second kappa shape index (κ2) is 12.1. The van der Waals surface area contributed by atoms with Gasteiger partial charge in [0, 0.05) is 11.1 Å². The van der Waals surface area contributed by atoms with Gasteiger partial charge < -0.3 is 0 Å². The van der Waals surface area contributed by atoms with E-state index in [0.717, 1.165) is 52.1 Å². The Morgan fingerprint density at radius 3 is 2.00 bits per heavy atom. The molecule has 1 aliphatic carbocycles. The van der Waals surface area contributed by atoms with E-state index in [1.54, 1.807) is 0 Å². The molecule has 9 rings (SSSR count). The summed E-state index contributed by atoms with van der Waals surface area (Å²) in [6, 6.07) is 52.2. The van der Waals surface area contributed by atoms with Crippen molar-refractivity contribution in [1.29, 1.82) is 0 Å². The van der Waals surface area contributed by atoms with Crippen LogP contribution in [-0.4, -0.2) is 9.38 Å². The van der Waals surface area contributed by atoms with Gasteiger partial charge in [-0.15, -0.1) is 0 Å². The van der Waals surface area contributed by atoms with Gasteiger partial charge >= 0.3 is 0 Å². The normalized spacial score (nSPS) is 12.9. The van der Waals surface area contributed by atoms with E-state index in [4.69, 9.17) is 4.98 Å². The highest BCUT2D eigenvalue weighted by Crippen LogP contribution is 2.38. The molecule has 8 aromatic rings. The molecule has 1 aliphatic rings. The number of pyridine rings is 1. The summed E-state index contributed by atoms with van der Waals surface area (Å²) in [5.74, 6) is 0. The highest BCUT2D eigenvalue weighted by Gasteiger charge is 2.22. The second-order valence-electron chi connectivity index (χ2n) is 12.8. The Bertz CT molecular complexity index is 2600. The number of hydrogen-bond donors (Lipinski definition) is 0. The zero-order valence-electron chi connectivity index (χ0n) is 27.2. The smallest absolute Gasteiger partial charge is 0.139 e. The zero-order chi connectivity index (χ0) is 32.7. The minimum atomic E-state index is 0.942. The van der Waals surface area contributed by atoms with Gasteiger partial charge in [-0.25, -0.2) is 4.98 Å². The van der Waals surface area contributed by atoms with Crippen LogP contribution in [-0.2, 0) is 6.42 Å². The van der Waals surface area contributed by atoms with Crippen LogP contribution in [0.2, 0.25) is 0 Å². The molecule has 6 aromatic carbocycles. The van der Waals surface area contributed by atoms with Crippen molar-refractivity contribution in [3.8, 4) is 33.6 Å². The molecular formula is C47H34N2. The van der Waals surface area contributed by atoms with Gasteiger partial charge in [0.25, 0.3) is 0 Å². The average Bonchev–Trinajstić information content (AvgIpc) is 3.57. The Labute approximate surface area is 286 Å². The number of nitrogens with zero attached hydrogens (tertiary/aromatic N) is 2. The maximum atomic E-state index is 5.30. The van der Waals surface area contributed by atoms with Gasteiger partial charge in [0.2, 0.25) is 0 Å². The lowest BCUT2D eigenvalue weighted by Crippen LogP contribution is -2.06. The minimum Gasteiger partial charge on any atom is -0.292 e. The van der Waals surface area contributed by atoms with E-state index in [9.17, 15) is 0 Å². The Balaban J connectivity index is 1.16. The van der Waals surface area contributed by atoms with Crippen LogP contribution in [0.3, 0.4) is 0 Å². The van der Waals surface area contributed by atoms with Gasteiger partial charge in [-0.05, 0) is 104 Å². The van der Waals surface area contributed by atoms with Gasteiger partial charge in [0.15, 0.2) is 0 Å². The summed E-state index contributed by atoms with van der Waals surface area (Å²) in [4.78, 5) is 5.30. The maximum Gasteiger partial charge on any atom is 0.139 e. The molecule has 0 amide bonds. The van der Waals surface area contributed by atoms with Crippen LogP contribution in [0.5, 0.6) is 0 Å². The number of allylic oxidation sites excluding steroid dienone is 3. The number of imidazole rings is 1. The fourth-order valence-electron chi connectivity index (χ4n) is 7.35. The van der Waals surface area contributed by atoms with E-state index in [-0.39, 0.29) is 0 Å². The standard InChI is InChI=1S/C47H34N2/c1-2-32(37-23-24-40-30-41(26-25-39(40)29-37)38-22-21-33-13-9-10-18-36(33)28-38)27-42-31-45-48-46(34-14-5-3-6-15-34)47(35-16-7-4-8-17-35)49(45)44-20-12-11-19-43(42)44/h2-10,12-18,20-31H,1,11,19H2/b32-27+. The fourth-order valence-corrected chi connectivity index (χ4v) is 7.35. The van der Waals surface area contributed by atoms with Crippen LogP contribution < -0.4 is 0 Å². The number of benzene rings is 6.